The van der Waals surface area contributed by atoms with Gasteiger partial charge in [-0.05, 0) is 31.7 Å². The molecular weight excluding hydrogens is 320 g/mol. The van der Waals surface area contributed by atoms with Crippen molar-refractivity contribution in [3.05, 3.63) is 29.8 Å². The summed E-state index contributed by atoms with van der Waals surface area (Å²) in [6.45, 7) is 2.25. The fourth-order valence-electron chi connectivity index (χ4n) is 1.75. The summed E-state index contributed by atoms with van der Waals surface area (Å²) in [7, 11) is -0.714. The number of ether oxygens (including phenoxy) is 1. The lowest BCUT2D eigenvalue weighted by atomic mass is 10.2. The Labute approximate surface area is 136 Å². The minimum atomic E-state index is -3.64. The molecule has 0 aliphatic rings. The van der Waals surface area contributed by atoms with Gasteiger partial charge in [-0.3, -0.25) is 4.79 Å². The molecule has 1 amide bonds. The molecule has 128 valence electrons. The number of unbranched alkanes of at least 4 members (excludes halogenated alkanes) is 1. The topological polar surface area (TPSA) is 92.8 Å². The normalized spacial score (nSPS) is 11.1. The highest BCUT2D eigenvalue weighted by Crippen LogP contribution is 2.12. The highest BCUT2D eigenvalue weighted by molar-refractivity contribution is 7.89. The molecule has 0 spiro atoms. The molecule has 1 N–H and O–H groups in total. The Kier molecular flexibility index (Phi) is 7.18. The maximum Gasteiger partial charge on any atom is 0.338 e. The Morgan fingerprint density at radius 3 is 2.61 bits per heavy atom. The van der Waals surface area contributed by atoms with Gasteiger partial charge in [0.25, 0.3) is 5.91 Å². The van der Waals surface area contributed by atoms with E-state index in [0.717, 1.165) is 12.8 Å². The summed E-state index contributed by atoms with van der Waals surface area (Å²) in [5.41, 5.74) is 0.0744. The molecule has 0 saturated heterocycles. The fourth-order valence-corrected chi connectivity index (χ4v) is 2.52. The van der Waals surface area contributed by atoms with Gasteiger partial charge in [-0.1, -0.05) is 19.4 Å². The monoisotopic (exact) mass is 342 g/mol. The number of benzene rings is 1. The van der Waals surface area contributed by atoms with Gasteiger partial charge in [-0.2, -0.15) is 0 Å². The van der Waals surface area contributed by atoms with Crippen molar-refractivity contribution >= 4 is 21.9 Å². The van der Waals surface area contributed by atoms with E-state index in [-0.39, 0.29) is 23.0 Å². The van der Waals surface area contributed by atoms with Gasteiger partial charge >= 0.3 is 5.97 Å². The summed E-state index contributed by atoms with van der Waals surface area (Å²) >= 11 is 0. The number of sulfonamides is 1. The minimum Gasteiger partial charge on any atom is -0.452 e. The predicted molar refractivity (Wildman–Crippen MR) is 85.5 cm³/mol. The predicted octanol–water partition coefficient (Wildman–Crippen LogP) is 1.01. The molecule has 0 unspecified atom stereocenters. The molecule has 23 heavy (non-hydrogen) atoms. The lowest BCUT2D eigenvalue weighted by molar-refractivity contribution is -0.133. The second kappa shape index (κ2) is 8.64. The average molecular weight is 342 g/mol. The molecule has 1 aromatic carbocycles. The molecule has 0 radical (unpaired) electrons. The van der Waals surface area contributed by atoms with Gasteiger partial charge in [0, 0.05) is 13.6 Å². The standard InChI is InChI=1S/C15H22N2O5S/c1-4-5-9-17(3)14(18)11-22-15(19)12-7-6-8-13(10-12)23(20,21)16-2/h6-8,10,16H,4-5,9,11H2,1-3H3. The van der Waals surface area contributed by atoms with E-state index >= 15 is 0 Å². The number of nitrogens with zero attached hydrogens (tertiary/aromatic N) is 1. The fraction of sp³-hybridized carbons (Fsp3) is 0.467. The van der Waals surface area contributed by atoms with Gasteiger partial charge in [0.05, 0.1) is 10.5 Å². The van der Waals surface area contributed by atoms with Crippen LogP contribution in [-0.4, -0.2) is 52.4 Å². The number of hydrogen-bond acceptors (Lipinski definition) is 5. The van der Waals surface area contributed by atoms with E-state index in [9.17, 15) is 18.0 Å². The van der Waals surface area contributed by atoms with E-state index in [4.69, 9.17) is 4.74 Å². The maximum atomic E-state index is 11.9. The van der Waals surface area contributed by atoms with Crippen LogP contribution < -0.4 is 4.72 Å². The van der Waals surface area contributed by atoms with E-state index in [1.54, 1.807) is 7.05 Å². The summed E-state index contributed by atoms with van der Waals surface area (Å²) in [4.78, 5) is 25.2. The van der Waals surface area contributed by atoms with Gasteiger partial charge in [-0.25, -0.2) is 17.9 Å². The first-order valence-corrected chi connectivity index (χ1v) is 8.74. The number of carbonyl (C=O) groups excluding carboxylic acids is 2. The highest BCUT2D eigenvalue weighted by atomic mass is 32.2. The van der Waals surface area contributed by atoms with Crippen molar-refractivity contribution in [1.29, 1.82) is 0 Å². The first-order valence-electron chi connectivity index (χ1n) is 7.26. The van der Waals surface area contributed by atoms with Crippen molar-refractivity contribution in [3.63, 3.8) is 0 Å². The van der Waals surface area contributed by atoms with Crippen molar-refractivity contribution in [1.82, 2.24) is 9.62 Å². The molecule has 0 aromatic heterocycles. The van der Waals surface area contributed by atoms with Crippen molar-refractivity contribution in [3.8, 4) is 0 Å². The number of esters is 1. The summed E-state index contributed by atoms with van der Waals surface area (Å²) in [6.07, 6.45) is 1.84. The van der Waals surface area contributed by atoms with Gasteiger partial charge in [0.2, 0.25) is 10.0 Å². The van der Waals surface area contributed by atoms with Crippen LogP contribution in [0.4, 0.5) is 0 Å². The van der Waals surface area contributed by atoms with Gasteiger partial charge in [-0.15, -0.1) is 0 Å². The molecule has 0 saturated carbocycles. The van der Waals surface area contributed by atoms with Gasteiger partial charge < -0.3 is 9.64 Å². The molecule has 0 heterocycles. The Morgan fingerprint density at radius 1 is 1.30 bits per heavy atom. The first kappa shape index (κ1) is 19.1. The zero-order chi connectivity index (χ0) is 17.5. The van der Waals surface area contributed by atoms with Crippen LogP contribution in [-0.2, 0) is 19.6 Å². The van der Waals surface area contributed by atoms with Crippen LogP contribution >= 0.6 is 0 Å². The molecule has 1 aromatic rings. The lowest BCUT2D eigenvalue weighted by Gasteiger charge is -2.16. The second-order valence-corrected chi connectivity index (χ2v) is 6.87. The van der Waals surface area contributed by atoms with Gasteiger partial charge in [0.1, 0.15) is 0 Å². The largest absolute Gasteiger partial charge is 0.452 e. The Balaban J connectivity index is 2.69. The second-order valence-electron chi connectivity index (χ2n) is 4.98. The van der Waals surface area contributed by atoms with E-state index in [1.165, 1.54) is 36.2 Å². The smallest absolute Gasteiger partial charge is 0.338 e. The molecular formula is C15H22N2O5S. The Bertz CT molecular complexity index is 658. The molecule has 8 heteroatoms. The zero-order valence-electron chi connectivity index (χ0n) is 13.5. The van der Waals surface area contributed by atoms with Crippen LogP contribution in [0.15, 0.2) is 29.2 Å². The third-order valence-corrected chi connectivity index (χ3v) is 4.66. The van der Waals surface area contributed by atoms with Crippen LogP contribution in [0.5, 0.6) is 0 Å². The summed E-state index contributed by atoms with van der Waals surface area (Å²) in [5, 5.41) is 0. The van der Waals surface area contributed by atoms with E-state index in [0.29, 0.717) is 6.54 Å². The number of rotatable bonds is 8. The van der Waals surface area contributed by atoms with Gasteiger partial charge in [0.15, 0.2) is 6.61 Å². The van der Waals surface area contributed by atoms with Crippen LogP contribution in [0.3, 0.4) is 0 Å². The van der Waals surface area contributed by atoms with E-state index < -0.39 is 16.0 Å². The van der Waals surface area contributed by atoms with Crippen LogP contribution in [0.25, 0.3) is 0 Å². The highest BCUT2D eigenvalue weighted by Gasteiger charge is 2.16. The molecule has 0 bridgehead atoms. The summed E-state index contributed by atoms with van der Waals surface area (Å²) in [5.74, 6) is -1.04. The van der Waals surface area contributed by atoms with Crippen LogP contribution in [0.1, 0.15) is 30.1 Å². The third kappa shape index (κ3) is 5.65. The Hall–Kier alpha value is -1.93. The molecule has 7 nitrogen and oxygen atoms in total. The molecule has 0 atom stereocenters. The van der Waals surface area contributed by atoms with Crippen molar-refractivity contribution in [2.75, 3.05) is 27.2 Å². The van der Waals surface area contributed by atoms with Crippen molar-refractivity contribution in [2.24, 2.45) is 0 Å². The molecule has 0 aliphatic carbocycles. The SMILES string of the molecule is CCCCN(C)C(=O)COC(=O)c1cccc(S(=O)(=O)NC)c1. The maximum absolute atomic E-state index is 11.9. The Morgan fingerprint density at radius 2 is 2.00 bits per heavy atom. The van der Waals surface area contributed by atoms with Crippen molar-refractivity contribution < 1.29 is 22.7 Å². The number of carbonyl (C=O) groups is 2. The molecule has 0 fully saturated rings. The van der Waals surface area contributed by atoms with E-state index in [1.807, 2.05) is 6.92 Å². The summed E-state index contributed by atoms with van der Waals surface area (Å²) in [6, 6.07) is 5.45. The number of hydrogen-bond donors (Lipinski definition) is 1. The lowest BCUT2D eigenvalue weighted by Crippen LogP contribution is -2.32. The number of likely N-dealkylation sites (N-methyl/N-ethyl adjacent to an activating group) is 1. The van der Waals surface area contributed by atoms with Crippen molar-refractivity contribution in [2.45, 2.75) is 24.7 Å². The zero-order valence-corrected chi connectivity index (χ0v) is 14.4. The molecule has 0 aliphatic heterocycles. The minimum absolute atomic E-state index is 0.0409. The van der Waals surface area contributed by atoms with Crippen LogP contribution in [0, 0.1) is 0 Å². The average Bonchev–Trinajstić information content (AvgIpc) is 2.57. The first-order chi connectivity index (χ1) is 10.8. The third-order valence-electron chi connectivity index (χ3n) is 3.25. The van der Waals surface area contributed by atoms with Crippen LogP contribution in [0.2, 0.25) is 0 Å². The number of amides is 1. The molecule has 1 rings (SSSR count). The van der Waals surface area contributed by atoms with E-state index in [2.05, 4.69) is 4.72 Å². The number of nitrogens with one attached hydrogen (secondary N) is 1. The summed E-state index contributed by atoms with van der Waals surface area (Å²) < 4.78 is 30.5. The quantitative estimate of drug-likeness (QED) is 0.712.